The van der Waals surface area contributed by atoms with Gasteiger partial charge in [0.15, 0.2) is 0 Å². The quantitative estimate of drug-likeness (QED) is 0.226. The third-order valence-corrected chi connectivity index (χ3v) is 2.80. The van der Waals surface area contributed by atoms with Crippen LogP contribution in [0.15, 0.2) is 0 Å². The third kappa shape index (κ3) is 116. The molecule has 0 fully saturated rings. The van der Waals surface area contributed by atoms with Crippen LogP contribution in [0.1, 0.15) is 0 Å². The minimum atomic E-state index is -1.50. The van der Waals surface area contributed by atoms with Gasteiger partial charge in [-0.2, -0.15) is 0 Å². The van der Waals surface area contributed by atoms with Crippen molar-refractivity contribution in [3.63, 3.8) is 0 Å². The minimum Gasteiger partial charge on any atom is -0.395 e. The second kappa shape index (κ2) is 19.6. The molecule has 0 atom stereocenters. The van der Waals surface area contributed by atoms with Crippen LogP contribution >= 0.6 is 21.6 Å². The molecule has 10 nitrogen and oxygen atoms in total. The molecule has 0 aliphatic heterocycles. The number of aliphatic hydroxyl groups excluding tert-OH is 2. The fraction of sp³-hybridized carbons (Fsp3) is 1.00. The summed E-state index contributed by atoms with van der Waals surface area (Å²) in [6.45, 7) is 0.451. The van der Waals surface area contributed by atoms with Crippen molar-refractivity contribution in [3.8, 4) is 0 Å². The molecule has 0 spiro atoms. The maximum atomic E-state index is 8.36. The van der Waals surface area contributed by atoms with Gasteiger partial charge in [0.25, 0.3) is 10.2 Å². The normalized spacial score (nSPS) is 7.88. The first-order valence-electron chi connectivity index (χ1n) is 3.51. The summed E-state index contributed by atoms with van der Waals surface area (Å²) in [6.07, 6.45) is 0. The highest BCUT2D eigenvalue weighted by Crippen LogP contribution is 2.18. The van der Waals surface area contributed by atoms with E-state index in [4.69, 9.17) is 40.9 Å². The molecule has 12 heteroatoms. The molecule has 0 amide bonds. The van der Waals surface area contributed by atoms with E-state index in [0.717, 1.165) is 11.5 Å². The van der Waals surface area contributed by atoms with Crippen LogP contribution in [0.5, 0.6) is 0 Å². The lowest BCUT2D eigenvalue weighted by atomic mass is 10.9. The molecule has 16 heavy (non-hydrogen) atoms. The summed E-state index contributed by atoms with van der Waals surface area (Å²) >= 11 is 0. The van der Waals surface area contributed by atoms with Gasteiger partial charge >= 0.3 is 0 Å². The first-order valence-corrected chi connectivity index (χ1v) is 5.99. The predicted octanol–water partition coefficient (Wildman–Crippen LogP) is -0.343. The molecule has 0 saturated heterocycles. The van der Waals surface area contributed by atoms with Crippen molar-refractivity contribution in [3.05, 3.63) is 20.2 Å². The van der Waals surface area contributed by atoms with Crippen molar-refractivity contribution in [1.82, 2.24) is 0 Å². The molecule has 0 heterocycles. The Labute approximate surface area is 97.9 Å². The van der Waals surface area contributed by atoms with Gasteiger partial charge < -0.3 is 20.6 Å². The zero-order chi connectivity index (χ0) is 13.4. The van der Waals surface area contributed by atoms with Crippen molar-refractivity contribution in [1.29, 1.82) is 0 Å². The lowest BCUT2D eigenvalue weighted by Crippen LogP contribution is -1.85. The van der Waals surface area contributed by atoms with Gasteiger partial charge in [-0.25, -0.2) is 0 Å². The highest BCUT2D eigenvalue weighted by Gasteiger charge is 1.85. The Balaban J connectivity index is -0.000000179. The number of rotatable bonds is 5. The fourth-order valence-corrected chi connectivity index (χ4v) is 1.73. The summed E-state index contributed by atoms with van der Waals surface area (Å²) < 4.78 is 0. The van der Waals surface area contributed by atoms with E-state index in [1.807, 2.05) is 0 Å². The van der Waals surface area contributed by atoms with Crippen LogP contribution < -0.4 is 0 Å². The number of hydrogen-bond acceptors (Lipinski definition) is 8. The van der Waals surface area contributed by atoms with Gasteiger partial charge in [-0.05, 0) is 0 Å². The summed E-state index contributed by atoms with van der Waals surface area (Å²) in [6, 6.07) is 0. The molecule has 0 saturated carbocycles. The second-order valence-electron chi connectivity index (χ2n) is 1.57. The number of nitrogens with zero attached hydrogens (tertiary/aromatic N) is 2. The van der Waals surface area contributed by atoms with Crippen molar-refractivity contribution >= 4 is 21.6 Å². The Morgan fingerprint density at radius 2 is 1.06 bits per heavy atom. The monoisotopic (exact) mass is 280 g/mol. The van der Waals surface area contributed by atoms with Crippen molar-refractivity contribution in [2.45, 2.75) is 0 Å². The van der Waals surface area contributed by atoms with Gasteiger partial charge in [0.2, 0.25) is 0 Å². The molecule has 0 unspecified atom stereocenters. The Morgan fingerprint density at radius 3 is 1.19 bits per heavy atom. The Bertz CT molecular complexity index is 144. The molecule has 0 radical (unpaired) electrons. The molecule has 0 aromatic heterocycles. The van der Waals surface area contributed by atoms with Gasteiger partial charge in [-0.1, -0.05) is 21.6 Å². The van der Waals surface area contributed by atoms with Gasteiger partial charge in [0.05, 0.1) is 13.2 Å². The van der Waals surface area contributed by atoms with Crippen LogP contribution in [0.25, 0.3) is 0 Å². The molecule has 0 aliphatic carbocycles. The fourth-order valence-electron chi connectivity index (χ4n) is 0.192. The third-order valence-electron chi connectivity index (χ3n) is 0.433. The highest BCUT2D eigenvalue weighted by molar-refractivity contribution is 8.76. The molecular formula is C4H12N2O8S2. The van der Waals surface area contributed by atoms with Crippen molar-refractivity contribution in [2.75, 3.05) is 24.7 Å². The molecular weight excluding hydrogens is 268 g/mol. The van der Waals surface area contributed by atoms with E-state index in [2.05, 4.69) is 0 Å². The summed E-state index contributed by atoms with van der Waals surface area (Å²) in [5.41, 5.74) is 0. The van der Waals surface area contributed by atoms with Crippen LogP contribution in [0.2, 0.25) is 0 Å². The number of hydrogen-bond donors (Lipinski definition) is 4. The molecule has 98 valence electrons. The lowest BCUT2D eigenvalue weighted by Gasteiger charge is -1.93. The van der Waals surface area contributed by atoms with Crippen LogP contribution in [0.3, 0.4) is 0 Å². The van der Waals surface area contributed by atoms with Gasteiger partial charge in [0.1, 0.15) is 0 Å². The number of aliphatic hydroxyl groups is 2. The first-order chi connectivity index (χ1) is 7.38. The molecule has 0 bridgehead atoms. The van der Waals surface area contributed by atoms with Crippen LogP contribution in [0, 0.1) is 20.2 Å². The summed E-state index contributed by atoms with van der Waals surface area (Å²) in [5.74, 6) is 1.51. The van der Waals surface area contributed by atoms with Crippen molar-refractivity contribution < 1.29 is 30.8 Å². The maximum absolute atomic E-state index is 8.36. The van der Waals surface area contributed by atoms with Gasteiger partial charge in [-0.3, -0.25) is 0 Å². The zero-order valence-corrected chi connectivity index (χ0v) is 9.59. The maximum Gasteiger partial charge on any atom is 0.291 e. The average Bonchev–Trinajstić information content (AvgIpc) is 2.11. The van der Waals surface area contributed by atoms with E-state index in [1.165, 1.54) is 0 Å². The molecule has 4 N–H and O–H groups in total. The average molecular weight is 280 g/mol. The van der Waals surface area contributed by atoms with E-state index in [0.29, 0.717) is 0 Å². The second-order valence-corrected chi connectivity index (χ2v) is 4.27. The van der Waals surface area contributed by atoms with Gasteiger partial charge in [0, 0.05) is 11.5 Å². The molecule has 0 aromatic carbocycles. The topological polar surface area (TPSA) is 167 Å². The molecule has 0 rings (SSSR count). The van der Waals surface area contributed by atoms with E-state index < -0.39 is 10.2 Å². The first kappa shape index (κ1) is 20.4. The van der Waals surface area contributed by atoms with E-state index in [9.17, 15) is 0 Å². The summed E-state index contributed by atoms with van der Waals surface area (Å²) in [5, 5.41) is 43.8. The van der Waals surface area contributed by atoms with Crippen LogP contribution in [-0.2, 0) is 0 Å². The molecule has 0 aliphatic rings. The Kier molecular flexibility index (Phi) is 25.0. The predicted molar refractivity (Wildman–Crippen MR) is 56.6 cm³/mol. The minimum absolute atomic E-state index is 0.225. The standard InChI is InChI=1S/C4H10O2S2.2HNO3/c5-1-3-7-8-4-2-6;2*2-1(3)4/h5-6H,1-4H2;2*(H,2,3,4). The summed E-state index contributed by atoms with van der Waals surface area (Å²) in [7, 11) is 3.17. The summed E-state index contributed by atoms with van der Waals surface area (Å²) in [4.78, 5) is 16.7. The van der Waals surface area contributed by atoms with Crippen LogP contribution in [-0.4, -0.2) is 55.5 Å². The SMILES string of the molecule is O=[N+]([O-])O.O=[N+]([O-])O.OCCSSCCO. The van der Waals surface area contributed by atoms with Crippen molar-refractivity contribution in [2.24, 2.45) is 0 Å². The highest BCUT2D eigenvalue weighted by atomic mass is 33.1. The smallest absolute Gasteiger partial charge is 0.291 e. The largest absolute Gasteiger partial charge is 0.395 e. The Morgan fingerprint density at radius 1 is 0.875 bits per heavy atom. The lowest BCUT2D eigenvalue weighted by molar-refractivity contribution is -0.742. The van der Waals surface area contributed by atoms with Gasteiger partial charge in [-0.15, -0.1) is 20.2 Å². The Hall–Kier alpha value is -0.980. The zero-order valence-electron chi connectivity index (χ0n) is 7.96. The van der Waals surface area contributed by atoms with E-state index in [1.54, 1.807) is 21.6 Å². The molecule has 0 aromatic rings. The van der Waals surface area contributed by atoms with E-state index >= 15 is 0 Å². The van der Waals surface area contributed by atoms with Crippen LogP contribution in [0.4, 0.5) is 0 Å². The van der Waals surface area contributed by atoms with E-state index in [-0.39, 0.29) is 13.2 Å².